The summed E-state index contributed by atoms with van der Waals surface area (Å²) >= 11 is 6.74. The first-order chi connectivity index (χ1) is 6.93. The summed E-state index contributed by atoms with van der Waals surface area (Å²) in [5.41, 5.74) is 1.01. The van der Waals surface area contributed by atoms with Crippen molar-refractivity contribution in [2.45, 2.75) is 25.5 Å². The first-order valence-electron chi connectivity index (χ1n) is 4.73. The molecule has 0 amide bonds. The lowest BCUT2D eigenvalue weighted by Gasteiger charge is -2.20. The summed E-state index contributed by atoms with van der Waals surface area (Å²) in [4.78, 5) is 11.4. The highest BCUT2D eigenvalue weighted by atomic mass is 32.2. The molecule has 1 aromatic rings. The van der Waals surface area contributed by atoms with E-state index >= 15 is 0 Å². The van der Waals surface area contributed by atoms with Gasteiger partial charge in [0.15, 0.2) is 0 Å². The van der Waals surface area contributed by atoms with Crippen molar-refractivity contribution in [3.63, 3.8) is 0 Å². The molecule has 0 aliphatic heterocycles. The Morgan fingerprint density at radius 2 is 1.80 bits per heavy atom. The Morgan fingerprint density at radius 3 is 2.27 bits per heavy atom. The van der Waals surface area contributed by atoms with Crippen LogP contribution in [-0.4, -0.2) is 14.7 Å². The van der Waals surface area contributed by atoms with Crippen LogP contribution in [0.25, 0.3) is 0 Å². The molecule has 0 aliphatic carbocycles. The van der Waals surface area contributed by atoms with Crippen molar-refractivity contribution < 1.29 is 4.79 Å². The molecule has 0 aliphatic rings. The van der Waals surface area contributed by atoms with Crippen LogP contribution in [0, 0.1) is 0 Å². The van der Waals surface area contributed by atoms with Crippen LogP contribution < -0.4 is 0 Å². The van der Waals surface area contributed by atoms with Gasteiger partial charge in [-0.1, -0.05) is 54.3 Å². The zero-order valence-corrected chi connectivity index (χ0v) is 10.7. The van der Waals surface area contributed by atoms with Gasteiger partial charge in [0.2, 0.25) is 0 Å². The van der Waals surface area contributed by atoms with Crippen LogP contribution in [0.3, 0.4) is 0 Å². The summed E-state index contributed by atoms with van der Waals surface area (Å²) in [6, 6.07) is 9.77. The third-order valence-electron chi connectivity index (χ3n) is 2.21. The summed E-state index contributed by atoms with van der Waals surface area (Å²) in [5.74, 6) is 0.144. The highest BCUT2D eigenvalue weighted by Crippen LogP contribution is 2.29. The third-order valence-corrected chi connectivity index (χ3v) is 3.91. The van der Waals surface area contributed by atoms with Crippen LogP contribution in [-0.2, 0) is 4.79 Å². The Hall–Kier alpha value is -0.670. The van der Waals surface area contributed by atoms with Crippen molar-refractivity contribution in [3.05, 3.63) is 35.9 Å². The monoisotopic (exact) mass is 238 g/mol. The van der Waals surface area contributed by atoms with E-state index in [2.05, 4.69) is 0 Å². The van der Waals surface area contributed by atoms with E-state index < -0.39 is 4.75 Å². The standard InChI is InChI=1S/C12H14OS2/c1-9(13)12(2,3)15-11(14)10-7-5-4-6-8-10/h4-8H,1-3H3. The SMILES string of the molecule is CC(=O)C(C)(C)SC(=S)c1ccccc1. The van der Waals surface area contributed by atoms with Gasteiger partial charge in [0.1, 0.15) is 5.78 Å². The van der Waals surface area contributed by atoms with Gasteiger partial charge >= 0.3 is 0 Å². The highest BCUT2D eigenvalue weighted by Gasteiger charge is 2.26. The van der Waals surface area contributed by atoms with Gasteiger partial charge in [-0.05, 0) is 26.3 Å². The number of ketones is 1. The van der Waals surface area contributed by atoms with Crippen LogP contribution in [0.1, 0.15) is 26.3 Å². The van der Waals surface area contributed by atoms with Gasteiger partial charge in [0, 0.05) is 0 Å². The number of hydrogen-bond acceptors (Lipinski definition) is 3. The number of rotatable bonds is 3. The molecule has 15 heavy (non-hydrogen) atoms. The zero-order valence-electron chi connectivity index (χ0n) is 9.11. The molecule has 1 aromatic carbocycles. The van der Waals surface area contributed by atoms with E-state index in [0.29, 0.717) is 0 Å². The van der Waals surface area contributed by atoms with Gasteiger partial charge in [0.05, 0.1) is 8.94 Å². The molecule has 0 saturated carbocycles. The molecule has 0 N–H and O–H groups in total. The molecule has 0 heterocycles. The van der Waals surface area contributed by atoms with E-state index in [9.17, 15) is 4.79 Å². The van der Waals surface area contributed by atoms with Crippen molar-refractivity contribution in [3.8, 4) is 0 Å². The molecule has 0 radical (unpaired) electrons. The number of Topliss-reactive ketones (excluding diaryl/α,β-unsaturated/α-hetero) is 1. The van der Waals surface area contributed by atoms with E-state index in [1.54, 1.807) is 6.92 Å². The van der Waals surface area contributed by atoms with Crippen molar-refractivity contribution >= 4 is 34.0 Å². The Labute approximate surface area is 100 Å². The molecule has 0 fully saturated rings. The first-order valence-corrected chi connectivity index (χ1v) is 5.95. The largest absolute Gasteiger partial charge is 0.298 e. The second-order valence-corrected chi connectivity index (χ2v) is 6.12. The molecule has 0 atom stereocenters. The van der Waals surface area contributed by atoms with Crippen LogP contribution >= 0.6 is 24.0 Å². The average Bonchev–Trinajstić information content (AvgIpc) is 2.18. The number of thioether (sulfide) groups is 1. The minimum atomic E-state index is -0.438. The fraction of sp³-hybridized carbons (Fsp3) is 0.333. The maximum atomic E-state index is 11.4. The van der Waals surface area contributed by atoms with Gasteiger partial charge in [-0.25, -0.2) is 0 Å². The van der Waals surface area contributed by atoms with E-state index in [-0.39, 0.29) is 5.78 Å². The van der Waals surface area contributed by atoms with Crippen LogP contribution in [0.4, 0.5) is 0 Å². The van der Waals surface area contributed by atoms with Crippen molar-refractivity contribution in [2.75, 3.05) is 0 Å². The second kappa shape index (κ2) is 4.90. The second-order valence-electron chi connectivity index (χ2n) is 3.82. The smallest absolute Gasteiger partial charge is 0.145 e. The minimum absolute atomic E-state index is 0.144. The minimum Gasteiger partial charge on any atom is -0.298 e. The first kappa shape index (κ1) is 12.4. The highest BCUT2D eigenvalue weighted by molar-refractivity contribution is 8.25. The van der Waals surface area contributed by atoms with Crippen LogP contribution in [0.15, 0.2) is 30.3 Å². The fourth-order valence-electron chi connectivity index (χ4n) is 0.937. The van der Waals surface area contributed by atoms with E-state index in [1.165, 1.54) is 11.8 Å². The molecule has 1 rings (SSSR count). The Balaban J connectivity index is 2.77. The van der Waals surface area contributed by atoms with Crippen LogP contribution in [0.5, 0.6) is 0 Å². The number of carbonyl (C=O) groups excluding carboxylic acids is 1. The maximum absolute atomic E-state index is 11.4. The van der Waals surface area contributed by atoms with Gasteiger partial charge < -0.3 is 0 Å². The Morgan fingerprint density at radius 1 is 1.27 bits per heavy atom. The summed E-state index contributed by atoms with van der Waals surface area (Å²) in [7, 11) is 0. The maximum Gasteiger partial charge on any atom is 0.145 e. The molecule has 80 valence electrons. The van der Waals surface area contributed by atoms with Gasteiger partial charge in [-0.2, -0.15) is 0 Å². The molecule has 0 saturated heterocycles. The third kappa shape index (κ3) is 3.43. The summed E-state index contributed by atoms with van der Waals surface area (Å²) < 4.78 is 0.336. The zero-order chi connectivity index (χ0) is 11.5. The summed E-state index contributed by atoms with van der Waals surface area (Å²) in [6.07, 6.45) is 0. The van der Waals surface area contributed by atoms with Crippen molar-refractivity contribution in [2.24, 2.45) is 0 Å². The lowest BCUT2D eigenvalue weighted by atomic mass is 10.1. The Bertz CT molecular complexity index is 368. The molecule has 0 bridgehead atoms. The summed E-state index contributed by atoms with van der Waals surface area (Å²) in [6.45, 7) is 5.39. The number of carbonyl (C=O) groups is 1. The van der Waals surface area contributed by atoms with E-state index in [4.69, 9.17) is 12.2 Å². The predicted molar refractivity (Wildman–Crippen MR) is 70.5 cm³/mol. The fourth-order valence-corrected chi connectivity index (χ4v) is 2.56. The molecular formula is C12H14OS2. The number of thiocarbonyl (C=S) groups is 1. The number of benzene rings is 1. The summed E-state index contributed by atoms with van der Waals surface area (Å²) in [5, 5.41) is 0. The van der Waals surface area contributed by atoms with Gasteiger partial charge in [-0.3, -0.25) is 4.79 Å². The normalized spacial score (nSPS) is 11.1. The number of hydrogen-bond donors (Lipinski definition) is 0. The molecule has 0 spiro atoms. The van der Waals surface area contributed by atoms with Gasteiger partial charge in [-0.15, -0.1) is 0 Å². The average molecular weight is 238 g/mol. The Kier molecular flexibility index (Phi) is 4.05. The molecule has 1 nitrogen and oxygen atoms in total. The van der Waals surface area contributed by atoms with E-state index in [1.807, 2.05) is 44.2 Å². The molecule has 0 aromatic heterocycles. The van der Waals surface area contributed by atoms with Crippen LogP contribution in [0.2, 0.25) is 0 Å². The van der Waals surface area contributed by atoms with Crippen molar-refractivity contribution in [1.29, 1.82) is 0 Å². The predicted octanol–water partition coefficient (Wildman–Crippen LogP) is 3.46. The van der Waals surface area contributed by atoms with Gasteiger partial charge in [0.25, 0.3) is 0 Å². The lowest BCUT2D eigenvalue weighted by Crippen LogP contribution is -2.26. The molecule has 0 unspecified atom stereocenters. The van der Waals surface area contributed by atoms with E-state index in [0.717, 1.165) is 9.76 Å². The quantitative estimate of drug-likeness (QED) is 0.751. The van der Waals surface area contributed by atoms with Crippen molar-refractivity contribution in [1.82, 2.24) is 0 Å². The molecule has 3 heteroatoms. The lowest BCUT2D eigenvalue weighted by molar-refractivity contribution is -0.118. The molecular weight excluding hydrogens is 224 g/mol. The topological polar surface area (TPSA) is 17.1 Å².